The van der Waals surface area contributed by atoms with Gasteiger partial charge in [0.15, 0.2) is 6.61 Å². The first-order valence-electron chi connectivity index (χ1n) is 8.08. The first-order chi connectivity index (χ1) is 11.3. The highest BCUT2D eigenvalue weighted by Crippen LogP contribution is 2.31. The maximum absolute atomic E-state index is 12.1. The monoisotopic (exact) mass is 389 g/mol. The van der Waals surface area contributed by atoms with Gasteiger partial charge in [-0.05, 0) is 67.1 Å². The molecular weight excluding hydrogens is 366 g/mol. The van der Waals surface area contributed by atoms with Crippen molar-refractivity contribution in [1.82, 2.24) is 0 Å². The van der Waals surface area contributed by atoms with Crippen molar-refractivity contribution in [2.24, 2.45) is 0 Å². The van der Waals surface area contributed by atoms with Crippen molar-refractivity contribution in [2.75, 3.05) is 11.9 Å². The van der Waals surface area contributed by atoms with Crippen molar-refractivity contribution in [3.63, 3.8) is 0 Å². The summed E-state index contributed by atoms with van der Waals surface area (Å²) >= 11 is 3.57. The molecule has 2 rings (SSSR count). The lowest BCUT2D eigenvalue weighted by molar-refractivity contribution is -0.118. The number of hydrogen-bond donors (Lipinski definition) is 1. The summed E-state index contributed by atoms with van der Waals surface area (Å²) in [6, 6.07) is 9.87. The second kappa shape index (κ2) is 7.84. The Morgan fingerprint density at radius 3 is 2.33 bits per heavy atom. The van der Waals surface area contributed by atoms with Gasteiger partial charge in [0.1, 0.15) is 5.75 Å². The quantitative estimate of drug-likeness (QED) is 0.731. The summed E-state index contributed by atoms with van der Waals surface area (Å²) in [5, 5.41) is 2.87. The molecule has 0 unspecified atom stereocenters. The van der Waals surface area contributed by atoms with Gasteiger partial charge in [-0.1, -0.05) is 41.9 Å². The van der Waals surface area contributed by atoms with E-state index in [0.717, 1.165) is 32.6 Å². The van der Waals surface area contributed by atoms with Crippen molar-refractivity contribution >= 4 is 27.5 Å². The molecule has 0 saturated carbocycles. The Kier molecular flexibility index (Phi) is 6.05. The second-order valence-corrected chi connectivity index (χ2v) is 7.16. The summed E-state index contributed by atoms with van der Waals surface area (Å²) in [6.07, 6.45) is 0. The topological polar surface area (TPSA) is 38.3 Å². The maximum Gasteiger partial charge on any atom is 0.262 e. The summed E-state index contributed by atoms with van der Waals surface area (Å²) in [7, 11) is 0. The number of nitrogens with one attached hydrogen (secondary N) is 1. The Morgan fingerprint density at radius 1 is 1.12 bits per heavy atom. The zero-order valence-corrected chi connectivity index (χ0v) is 16.5. The third-order valence-electron chi connectivity index (χ3n) is 4.18. The lowest BCUT2D eigenvalue weighted by atomic mass is 10.0. The zero-order valence-electron chi connectivity index (χ0n) is 14.9. The minimum absolute atomic E-state index is 0.00666. The van der Waals surface area contributed by atoms with Gasteiger partial charge in [-0.25, -0.2) is 0 Å². The van der Waals surface area contributed by atoms with Crippen molar-refractivity contribution in [3.05, 3.63) is 57.1 Å². The highest BCUT2D eigenvalue weighted by Gasteiger charge is 2.11. The number of aryl methyl sites for hydroxylation is 1. The Hall–Kier alpha value is -1.81. The summed E-state index contributed by atoms with van der Waals surface area (Å²) in [5.74, 6) is 1.06. The molecule has 2 aromatic rings. The lowest BCUT2D eigenvalue weighted by Crippen LogP contribution is -2.20. The van der Waals surface area contributed by atoms with Gasteiger partial charge in [-0.2, -0.15) is 0 Å². The van der Waals surface area contributed by atoms with Crippen LogP contribution in [0.1, 0.15) is 42.0 Å². The number of benzene rings is 2. The molecule has 24 heavy (non-hydrogen) atoms. The van der Waals surface area contributed by atoms with Crippen LogP contribution in [-0.2, 0) is 4.79 Å². The molecule has 2 aromatic carbocycles. The van der Waals surface area contributed by atoms with Gasteiger partial charge in [-0.3, -0.25) is 4.79 Å². The number of halogens is 1. The van der Waals surface area contributed by atoms with E-state index in [1.54, 1.807) is 0 Å². The van der Waals surface area contributed by atoms with Gasteiger partial charge in [0, 0.05) is 10.2 Å². The largest absolute Gasteiger partial charge is 0.483 e. The highest BCUT2D eigenvalue weighted by atomic mass is 79.9. The molecule has 0 aliphatic carbocycles. The van der Waals surface area contributed by atoms with Crippen LogP contribution < -0.4 is 10.1 Å². The van der Waals surface area contributed by atoms with E-state index >= 15 is 0 Å². The number of anilines is 1. The number of hydrogen-bond acceptors (Lipinski definition) is 2. The van der Waals surface area contributed by atoms with E-state index in [9.17, 15) is 4.79 Å². The Bertz CT molecular complexity index is 736. The lowest BCUT2D eigenvalue weighted by Gasteiger charge is -2.14. The van der Waals surface area contributed by atoms with Gasteiger partial charge >= 0.3 is 0 Å². The van der Waals surface area contributed by atoms with Gasteiger partial charge in [0.25, 0.3) is 5.91 Å². The second-order valence-electron chi connectivity index (χ2n) is 6.37. The molecular formula is C20H24BrNO2. The first kappa shape index (κ1) is 18.5. The summed E-state index contributed by atoms with van der Waals surface area (Å²) in [4.78, 5) is 12.1. The average Bonchev–Trinajstić information content (AvgIpc) is 2.55. The molecule has 0 aromatic heterocycles. The van der Waals surface area contributed by atoms with E-state index in [2.05, 4.69) is 35.1 Å². The molecule has 0 fully saturated rings. The smallest absolute Gasteiger partial charge is 0.262 e. The molecule has 0 saturated heterocycles. The zero-order chi connectivity index (χ0) is 17.9. The van der Waals surface area contributed by atoms with Crippen LogP contribution in [0.5, 0.6) is 5.75 Å². The van der Waals surface area contributed by atoms with E-state index in [0.29, 0.717) is 5.92 Å². The molecule has 0 spiro atoms. The van der Waals surface area contributed by atoms with Crippen LogP contribution in [0.25, 0.3) is 0 Å². The van der Waals surface area contributed by atoms with E-state index in [1.165, 1.54) is 5.56 Å². The van der Waals surface area contributed by atoms with Crippen LogP contribution >= 0.6 is 15.9 Å². The van der Waals surface area contributed by atoms with Crippen molar-refractivity contribution in [3.8, 4) is 5.75 Å². The number of rotatable bonds is 5. The van der Waals surface area contributed by atoms with Crippen LogP contribution in [0.2, 0.25) is 0 Å². The summed E-state index contributed by atoms with van der Waals surface area (Å²) in [5.41, 5.74) is 5.31. The molecule has 3 nitrogen and oxygen atoms in total. The Labute approximate surface area is 152 Å². The summed E-state index contributed by atoms with van der Waals surface area (Å²) < 4.78 is 6.80. The fraction of sp³-hybridized carbons (Fsp3) is 0.350. The predicted octanol–water partition coefficient (Wildman–Crippen LogP) is 5.52. The van der Waals surface area contributed by atoms with E-state index in [4.69, 9.17) is 4.74 Å². The normalized spacial score (nSPS) is 10.8. The molecule has 1 N–H and O–H groups in total. The minimum atomic E-state index is -0.162. The number of carbonyl (C=O) groups excluding carboxylic acids is 1. The molecule has 0 atom stereocenters. The fourth-order valence-electron chi connectivity index (χ4n) is 2.46. The van der Waals surface area contributed by atoms with Crippen molar-refractivity contribution in [1.29, 1.82) is 0 Å². The molecule has 4 heteroatoms. The standard InChI is InChI=1S/C20H24BrNO2/c1-12(2)16-6-8-17(9-7-16)22-19(23)11-24-18-10-13(3)20(21)15(5)14(18)4/h6-10,12H,11H2,1-5H3,(H,22,23). The van der Waals surface area contributed by atoms with E-state index in [1.807, 2.05) is 51.1 Å². The van der Waals surface area contributed by atoms with Crippen LogP contribution in [0.4, 0.5) is 5.69 Å². The average molecular weight is 390 g/mol. The molecule has 0 aliphatic heterocycles. The van der Waals surface area contributed by atoms with Gasteiger partial charge in [0.05, 0.1) is 0 Å². The fourth-order valence-corrected chi connectivity index (χ4v) is 2.87. The Balaban J connectivity index is 1.99. The molecule has 0 heterocycles. The highest BCUT2D eigenvalue weighted by molar-refractivity contribution is 9.10. The van der Waals surface area contributed by atoms with Crippen molar-refractivity contribution < 1.29 is 9.53 Å². The SMILES string of the molecule is Cc1cc(OCC(=O)Nc2ccc(C(C)C)cc2)c(C)c(C)c1Br. The third kappa shape index (κ3) is 4.38. The predicted molar refractivity (Wildman–Crippen MR) is 103 cm³/mol. The van der Waals surface area contributed by atoms with Gasteiger partial charge in [0.2, 0.25) is 0 Å². The number of amides is 1. The molecule has 0 radical (unpaired) electrons. The first-order valence-corrected chi connectivity index (χ1v) is 8.87. The van der Waals surface area contributed by atoms with E-state index < -0.39 is 0 Å². The Morgan fingerprint density at radius 2 is 1.75 bits per heavy atom. The van der Waals surface area contributed by atoms with Crippen LogP contribution in [0.15, 0.2) is 34.8 Å². The summed E-state index contributed by atoms with van der Waals surface area (Å²) in [6.45, 7) is 10.3. The van der Waals surface area contributed by atoms with Crippen molar-refractivity contribution in [2.45, 2.75) is 40.5 Å². The number of carbonyl (C=O) groups is 1. The van der Waals surface area contributed by atoms with E-state index in [-0.39, 0.29) is 12.5 Å². The maximum atomic E-state index is 12.1. The molecule has 0 bridgehead atoms. The third-order valence-corrected chi connectivity index (χ3v) is 5.40. The van der Waals surface area contributed by atoms with Gasteiger partial charge in [-0.15, -0.1) is 0 Å². The van der Waals surface area contributed by atoms with Crippen LogP contribution in [0, 0.1) is 20.8 Å². The number of ether oxygens (including phenoxy) is 1. The van der Waals surface area contributed by atoms with Crippen LogP contribution in [-0.4, -0.2) is 12.5 Å². The van der Waals surface area contributed by atoms with Gasteiger partial charge < -0.3 is 10.1 Å². The molecule has 1 amide bonds. The van der Waals surface area contributed by atoms with Crippen LogP contribution in [0.3, 0.4) is 0 Å². The molecule has 128 valence electrons. The molecule has 0 aliphatic rings. The minimum Gasteiger partial charge on any atom is -0.483 e.